The van der Waals surface area contributed by atoms with E-state index in [1.807, 2.05) is 25.1 Å². The van der Waals surface area contributed by atoms with Gasteiger partial charge in [-0.15, -0.1) is 12.4 Å². The van der Waals surface area contributed by atoms with Crippen LogP contribution in [-0.2, 0) is 4.79 Å². The molecular weight excluding hydrogens is 323 g/mol. The summed E-state index contributed by atoms with van der Waals surface area (Å²) < 4.78 is 5.87. The largest absolute Gasteiger partial charge is 0.487 e. The maximum atomic E-state index is 12.1. The van der Waals surface area contributed by atoms with Gasteiger partial charge < -0.3 is 15.4 Å². The third kappa shape index (κ3) is 5.67. The Morgan fingerprint density at radius 2 is 2.23 bits per heavy atom. The zero-order valence-electron chi connectivity index (χ0n) is 12.8. The fraction of sp³-hybridized carbons (Fsp3) is 0.562. The highest BCUT2D eigenvalue weighted by Crippen LogP contribution is 2.24. The number of halogens is 2. The lowest BCUT2D eigenvalue weighted by molar-refractivity contribution is -0.124. The lowest BCUT2D eigenvalue weighted by Crippen LogP contribution is -2.48. The van der Waals surface area contributed by atoms with Crippen LogP contribution in [0, 0.1) is 0 Å². The highest BCUT2D eigenvalue weighted by atomic mass is 35.5. The van der Waals surface area contributed by atoms with E-state index in [1.165, 1.54) is 0 Å². The van der Waals surface area contributed by atoms with Gasteiger partial charge in [-0.05, 0) is 37.9 Å². The maximum Gasteiger partial charge on any atom is 0.237 e. The predicted octanol–water partition coefficient (Wildman–Crippen LogP) is 3.18. The first-order chi connectivity index (χ1) is 10.2. The summed E-state index contributed by atoms with van der Waals surface area (Å²) in [6, 6.07) is 7.34. The molecule has 1 aromatic carbocycles. The summed E-state index contributed by atoms with van der Waals surface area (Å²) in [6.07, 6.45) is 3.91. The van der Waals surface area contributed by atoms with E-state index in [0.29, 0.717) is 17.3 Å². The number of nitrogens with one attached hydrogen (secondary N) is 2. The molecule has 2 atom stereocenters. The smallest absolute Gasteiger partial charge is 0.237 e. The maximum absolute atomic E-state index is 12.1. The van der Waals surface area contributed by atoms with E-state index in [-0.39, 0.29) is 30.5 Å². The second-order valence-corrected chi connectivity index (χ2v) is 5.73. The molecule has 22 heavy (non-hydrogen) atoms. The number of hydrogen-bond acceptors (Lipinski definition) is 3. The van der Waals surface area contributed by atoms with Gasteiger partial charge in [-0.25, -0.2) is 0 Å². The number of benzene rings is 1. The predicted molar refractivity (Wildman–Crippen MR) is 92.1 cm³/mol. The van der Waals surface area contributed by atoms with Crippen LogP contribution >= 0.6 is 24.0 Å². The van der Waals surface area contributed by atoms with Gasteiger partial charge in [-0.2, -0.15) is 0 Å². The Bertz CT molecular complexity index is 465. The third-order valence-corrected chi connectivity index (χ3v) is 4.03. The number of rotatable bonds is 6. The van der Waals surface area contributed by atoms with Gasteiger partial charge in [0.2, 0.25) is 5.91 Å². The standard InChI is InChI=1S/C16H23ClN2O2.ClH/c1-2-12(21-15-9-4-3-7-13(15)17)11-19-16(20)14-8-5-6-10-18-14;/h3-4,7,9,12,14,18H,2,5-6,8,10-11H2,1H3,(H,19,20);1H. The summed E-state index contributed by atoms with van der Waals surface area (Å²) in [5, 5.41) is 6.81. The molecule has 1 amide bonds. The first-order valence-corrected chi connectivity index (χ1v) is 8.00. The minimum atomic E-state index is -0.0718. The highest BCUT2D eigenvalue weighted by molar-refractivity contribution is 6.32. The fourth-order valence-electron chi connectivity index (χ4n) is 2.40. The minimum absolute atomic E-state index is 0. The van der Waals surface area contributed by atoms with Gasteiger partial charge in [0.15, 0.2) is 0 Å². The highest BCUT2D eigenvalue weighted by Gasteiger charge is 2.21. The van der Waals surface area contributed by atoms with Crippen LogP contribution in [0.25, 0.3) is 0 Å². The van der Waals surface area contributed by atoms with Gasteiger partial charge in [0.05, 0.1) is 17.6 Å². The minimum Gasteiger partial charge on any atom is -0.487 e. The number of hydrogen-bond donors (Lipinski definition) is 2. The van der Waals surface area contributed by atoms with Crippen molar-refractivity contribution in [3.05, 3.63) is 29.3 Å². The van der Waals surface area contributed by atoms with Crippen LogP contribution in [0.1, 0.15) is 32.6 Å². The van der Waals surface area contributed by atoms with Crippen molar-refractivity contribution in [1.29, 1.82) is 0 Å². The van der Waals surface area contributed by atoms with Crippen molar-refractivity contribution in [2.45, 2.75) is 44.8 Å². The molecule has 1 aromatic rings. The van der Waals surface area contributed by atoms with Crippen LogP contribution in [0.5, 0.6) is 5.75 Å². The number of carbonyl (C=O) groups excluding carboxylic acids is 1. The monoisotopic (exact) mass is 346 g/mol. The molecule has 0 aliphatic carbocycles. The van der Waals surface area contributed by atoms with E-state index < -0.39 is 0 Å². The van der Waals surface area contributed by atoms with Crippen molar-refractivity contribution >= 4 is 29.9 Å². The second kappa shape index (κ2) is 9.93. The van der Waals surface area contributed by atoms with E-state index in [1.54, 1.807) is 6.07 Å². The van der Waals surface area contributed by atoms with Gasteiger partial charge in [0, 0.05) is 0 Å². The Morgan fingerprint density at radius 1 is 1.45 bits per heavy atom. The molecule has 4 nitrogen and oxygen atoms in total. The van der Waals surface area contributed by atoms with E-state index in [2.05, 4.69) is 10.6 Å². The summed E-state index contributed by atoms with van der Waals surface area (Å²) in [4.78, 5) is 12.1. The molecule has 6 heteroatoms. The van der Waals surface area contributed by atoms with E-state index in [0.717, 1.165) is 32.2 Å². The van der Waals surface area contributed by atoms with Crippen LogP contribution in [0.4, 0.5) is 0 Å². The molecule has 0 spiro atoms. The third-order valence-electron chi connectivity index (χ3n) is 3.72. The Kier molecular flexibility index (Phi) is 8.61. The lowest BCUT2D eigenvalue weighted by Gasteiger charge is -2.24. The quantitative estimate of drug-likeness (QED) is 0.831. The normalized spacial score (nSPS) is 18.9. The summed E-state index contributed by atoms with van der Waals surface area (Å²) in [5.74, 6) is 0.729. The molecule has 1 aliphatic heterocycles. The van der Waals surface area contributed by atoms with Crippen LogP contribution in [0.15, 0.2) is 24.3 Å². The average molecular weight is 347 g/mol. The Hall–Kier alpha value is -0.970. The van der Waals surface area contributed by atoms with Crippen LogP contribution in [0.2, 0.25) is 5.02 Å². The first-order valence-electron chi connectivity index (χ1n) is 7.63. The average Bonchev–Trinajstić information content (AvgIpc) is 2.53. The van der Waals surface area contributed by atoms with Crippen LogP contribution < -0.4 is 15.4 Å². The van der Waals surface area contributed by atoms with Crippen LogP contribution in [-0.4, -0.2) is 31.1 Å². The topological polar surface area (TPSA) is 50.4 Å². The molecular formula is C16H24Cl2N2O2. The zero-order valence-corrected chi connectivity index (χ0v) is 14.4. The van der Waals surface area contributed by atoms with Gasteiger partial charge in [0.1, 0.15) is 11.9 Å². The Morgan fingerprint density at radius 3 is 2.86 bits per heavy atom. The molecule has 124 valence electrons. The second-order valence-electron chi connectivity index (χ2n) is 5.33. The van der Waals surface area contributed by atoms with Crippen molar-refractivity contribution in [2.75, 3.05) is 13.1 Å². The number of amides is 1. The Balaban J connectivity index is 0.00000242. The summed E-state index contributed by atoms with van der Waals surface area (Å²) in [7, 11) is 0. The summed E-state index contributed by atoms with van der Waals surface area (Å²) >= 11 is 6.09. The molecule has 0 saturated carbocycles. The Labute approximate surface area is 143 Å². The fourth-order valence-corrected chi connectivity index (χ4v) is 2.58. The molecule has 0 bridgehead atoms. The van der Waals surface area contributed by atoms with Crippen molar-refractivity contribution in [3.63, 3.8) is 0 Å². The molecule has 2 rings (SSSR count). The molecule has 1 aliphatic rings. The molecule has 2 N–H and O–H groups in total. The van der Waals surface area contributed by atoms with E-state index >= 15 is 0 Å². The molecule has 1 fully saturated rings. The molecule has 0 aromatic heterocycles. The number of ether oxygens (including phenoxy) is 1. The van der Waals surface area contributed by atoms with Crippen molar-refractivity contribution in [2.24, 2.45) is 0 Å². The zero-order chi connectivity index (χ0) is 15.1. The van der Waals surface area contributed by atoms with Gasteiger partial charge in [-0.1, -0.05) is 37.1 Å². The number of piperidine rings is 1. The lowest BCUT2D eigenvalue weighted by atomic mass is 10.0. The van der Waals surface area contributed by atoms with Gasteiger partial charge in [0.25, 0.3) is 0 Å². The summed E-state index contributed by atoms with van der Waals surface area (Å²) in [5.41, 5.74) is 0. The SMILES string of the molecule is CCC(CNC(=O)C1CCCCN1)Oc1ccccc1Cl.Cl. The van der Waals surface area contributed by atoms with Crippen molar-refractivity contribution < 1.29 is 9.53 Å². The molecule has 1 heterocycles. The van der Waals surface area contributed by atoms with E-state index in [9.17, 15) is 4.79 Å². The van der Waals surface area contributed by atoms with Crippen molar-refractivity contribution in [1.82, 2.24) is 10.6 Å². The number of para-hydroxylation sites is 1. The van der Waals surface area contributed by atoms with Gasteiger partial charge >= 0.3 is 0 Å². The molecule has 1 saturated heterocycles. The first kappa shape index (κ1) is 19.1. The van der Waals surface area contributed by atoms with Gasteiger partial charge in [-0.3, -0.25) is 4.79 Å². The van der Waals surface area contributed by atoms with Crippen LogP contribution in [0.3, 0.4) is 0 Å². The molecule has 2 unspecified atom stereocenters. The van der Waals surface area contributed by atoms with E-state index in [4.69, 9.17) is 16.3 Å². The molecule has 0 radical (unpaired) electrons. The van der Waals surface area contributed by atoms with Crippen molar-refractivity contribution in [3.8, 4) is 5.75 Å². The number of carbonyl (C=O) groups is 1. The summed E-state index contributed by atoms with van der Waals surface area (Å²) in [6.45, 7) is 3.46.